The molecule has 2 N–H and O–H groups in total. The third-order valence-electron chi connectivity index (χ3n) is 2.10. The summed E-state index contributed by atoms with van der Waals surface area (Å²) in [5.74, 6) is -0.810. The average Bonchev–Trinajstić information content (AvgIpc) is 2.28. The van der Waals surface area contributed by atoms with E-state index in [4.69, 9.17) is 5.11 Å². The summed E-state index contributed by atoms with van der Waals surface area (Å²) in [4.78, 5) is 9.82. The SMILES string of the molecule is O=[N+]([O-])c1cc(I)c(F)cc1NCC(O)C(F)(F)F. The van der Waals surface area contributed by atoms with Crippen LogP contribution in [0.1, 0.15) is 0 Å². The number of anilines is 1. The molecule has 1 unspecified atom stereocenters. The van der Waals surface area contributed by atoms with Gasteiger partial charge in [-0.1, -0.05) is 0 Å². The number of aliphatic hydroxyl groups excluding tert-OH is 1. The predicted molar refractivity (Wildman–Crippen MR) is 66.3 cm³/mol. The number of nitro groups is 1. The Balaban J connectivity index is 2.95. The van der Waals surface area contributed by atoms with E-state index < -0.39 is 40.9 Å². The van der Waals surface area contributed by atoms with Crippen molar-refractivity contribution in [3.63, 3.8) is 0 Å². The van der Waals surface area contributed by atoms with Gasteiger partial charge in [0.25, 0.3) is 5.69 Å². The van der Waals surface area contributed by atoms with Gasteiger partial charge >= 0.3 is 6.18 Å². The molecule has 0 radical (unpaired) electrons. The Kier molecular flexibility index (Phi) is 4.90. The monoisotopic (exact) mass is 394 g/mol. The Bertz CT molecular complexity index is 495. The van der Waals surface area contributed by atoms with Crippen molar-refractivity contribution in [1.29, 1.82) is 0 Å². The van der Waals surface area contributed by atoms with Gasteiger partial charge in [-0.2, -0.15) is 13.2 Å². The van der Waals surface area contributed by atoms with Crippen LogP contribution in [0.2, 0.25) is 0 Å². The maximum absolute atomic E-state index is 13.2. The van der Waals surface area contributed by atoms with Crippen molar-refractivity contribution in [2.75, 3.05) is 11.9 Å². The fraction of sp³-hybridized carbons (Fsp3) is 0.333. The second kappa shape index (κ2) is 5.86. The fourth-order valence-electron chi connectivity index (χ4n) is 1.15. The lowest BCUT2D eigenvalue weighted by Crippen LogP contribution is -2.35. The summed E-state index contributed by atoms with van der Waals surface area (Å²) in [6.07, 6.45) is -7.56. The van der Waals surface area contributed by atoms with Gasteiger partial charge in [0, 0.05) is 18.7 Å². The quantitative estimate of drug-likeness (QED) is 0.357. The van der Waals surface area contributed by atoms with E-state index in [0.29, 0.717) is 6.07 Å². The van der Waals surface area contributed by atoms with Gasteiger partial charge in [-0.15, -0.1) is 0 Å². The highest BCUT2D eigenvalue weighted by Gasteiger charge is 2.38. The second-order valence-corrected chi connectivity index (χ2v) is 4.64. The van der Waals surface area contributed by atoms with Gasteiger partial charge in [0.15, 0.2) is 6.10 Å². The molecule has 0 aliphatic carbocycles. The van der Waals surface area contributed by atoms with Crippen LogP contribution in [0, 0.1) is 19.5 Å². The summed E-state index contributed by atoms with van der Waals surface area (Å²) in [5, 5.41) is 21.4. The summed E-state index contributed by atoms with van der Waals surface area (Å²) < 4.78 is 49.4. The molecule has 0 saturated heterocycles. The molecule has 0 spiro atoms. The zero-order valence-corrected chi connectivity index (χ0v) is 11.2. The summed E-state index contributed by atoms with van der Waals surface area (Å²) in [6, 6.07) is 1.60. The molecule has 0 saturated carbocycles. The standard InChI is InChI=1S/C9H7F4IN2O3/c10-4-1-6(7(16(18)19)2-5(4)14)15-3-8(17)9(11,12)13/h1-2,8,15,17H,3H2. The number of alkyl halides is 3. The molecule has 10 heteroatoms. The Morgan fingerprint density at radius 2 is 2.05 bits per heavy atom. The number of nitrogens with zero attached hydrogens (tertiary/aromatic N) is 1. The molecule has 106 valence electrons. The minimum Gasteiger partial charge on any atom is -0.382 e. The highest BCUT2D eigenvalue weighted by molar-refractivity contribution is 14.1. The summed E-state index contributed by atoms with van der Waals surface area (Å²) in [5.41, 5.74) is -0.994. The lowest BCUT2D eigenvalue weighted by Gasteiger charge is -2.15. The van der Waals surface area contributed by atoms with Gasteiger partial charge in [0.05, 0.1) is 8.49 Å². The zero-order chi connectivity index (χ0) is 14.8. The zero-order valence-electron chi connectivity index (χ0n) is 9.04. The van der Waals surface area contributed by atoms with Crippen LogP contribution in [0.5, 0.6) is 0 Å². The number of hydrogen-bond acceptors (Lipinski definition) is 4. The number of halogens is 5. The minimum atomic E-state index is -4.86. The fourth-order valence-corrected chi connectivity index (χ4v) is 1.60. The highest BCUT2D eigenvalue weighted by atomic mass is 127. The molecule has 0 heterocycles. The molecule has 1 rings (SSSR count). The molecule has 19 heavy (non-hydrogen) atoms. The third kappa shape index (κ3) is 4.16. The van der Waals surface area contributed by atoms with Crippen molar-refractivity contribution in [2.24, 2.45) is 0 Å². The largest absolute Gasteiger partial charge is 0.416 e. The first-order chi connectivity index (χ1) is 8.62. The summed E-state index contributed by atoms with van der Waals surface area (Å²) >= 11 is 1.52. The Morgan fingerprint density at radius 1 is 1.47 bits per heavy atom. The number of nitro benzene ring substituents is 1. The summed E-state index contributed by atoms with van der Waals surface area (Å²) in [6.45, 7) is -1.01. The van der Waals surface area contributed by atoms with Crippen molar-refractivity contribution in [3.8, 4) is 0 Å². The van der Waals surface area contributed by atoms with Crippen molar-refractivity contribution >= 4 is 34.0 Å². The molecule has 0 bridgehead atoms. The highest BCUT2D eigenvalue weighted by Crippen LogP contribution is 2.29. The number of hydrogen-bond donors (Lipinski definition) is 2. The van der Waals surface area contributed by atoms with Crippen molar-refractivity contribution in [1.82, 2.24) is 0 Å². The molecular formula is C9H7F4IN2O3. The van der Waals surface area contributed by atoms with Gasteiger partial charge in [0.1, 0.15) is 11.5 Å². The number of aliphatic hydroxyl groups is 1. The normalized spacial score (nSPS) is 13.2. The van der Waals surface area contributed by atoms with E-state index in [2.05, 4.69) is 0 Å². The van der Waals surface area contributed by atoms with Crippen LogP contribution in [-0.2, 0) is 0 Å². The Labute approximate surface area is 117 Å². The van der Waals surface area contributed by atoms with Gasteiger partial charge in [-0.25, -0.2) is 4.39 Å². The van der Waals surface area contributed by atoms with Gasteiger partial charge in [-0.3, -0.25) is 10.1 Å². The van der Waals surface area contributed by atoms with Crippen LogP contribution >= 0.6 is 22.6 Å². The summed E-state index contributed by atoms with van der Waals surface area (Å²) in [7, 11) is 0. The topological polar surface area (TPSA) is 75.4 Å². The first-order valence-electron chi connectivity index (χ1n) is 4.75. The lowest BCUT2D eigenvalue weighted by atomic mass is 10.2. The third-order valence-corrected chi connectivity index (χ3v) is 2.93. The maximum atomic E-state index is 13.2. The molecule has 1 atom stereocenters. The first kappa shape index (κ1) is 15.9. The molecule has 0 amide bonds. The lowest BCUT2D eigenvalue weighted by molar-refractivity contribution is -0.384. The minimum absolute atomic E-state index is 0.0359. The smallest absolute Gasteiger partial charge is 0.382 e. The van der Waals surface area contributed by atoms with Gasteiger partial charge in [0.2, 0.25) is 0 Å². The van der Waals surface area contributed by atoms with Crippen molar-refractivity contribution in [3.05, 3.63) is 31.6 Å². The van der Waals surface area contributed by atoms with E-state index >= 15 is 0 Å². The van der Waals surface area contributed by atoms with Crippen LogP contribution in [0.3, 0.4) is 0 Å². The molecule has 1 aromatic rings. The number of benzene rings is 1. The predicted octanol–water partition coefficient (Wildman–Crippen LogP) is 2.67. The molecule has 0 aliphatic rings. The first-order valence-corrected chi connectivity index (χ1v) is 5.83. The maximum Gasteiger partial charge on any atom is 0.416 e. The van der Waals surface area contributed by atoms with Crippen molar-refractivity contribution in [2.45, 2.75) is 12.3 Å². The molecule has 5 nitrogen and oxygen atoms in total. The van der Waals surface area contributed by atoms with Crippen LogP contribution in [-0.4, -0.2) is 28.9 Å². The average molecular weight is 394 g/mol. The van der Waals surface area contributed by atoms with E-state index in [0.717, 1.165) is 6.07 Å². The van der Waals surface area contributed by atoms with Crippen molar-refractivity contribution < 1.29 is 27.6 Å². The molecule has 0 aromatic heterocycles. The Morgan fingerprint density at radius 3 is 2.53 bits per heavy atom. The molecule has 1 aromatic carbocycles. The second-order valence-electron chi connectivity index (χ2n) is 3.48. The number of rotatable bonds is 4. The van der Waals surface area contributed by atoms with Crippen LogP contribution < -0.4 is 5.32 Å². The van der Waals surface area contributed by atoms with Gasteiger partial charge < -0.3 is 10.4 Å². The van der Waals surface area contributed by atoms with E-state index in [1.54, 1.807) is 0 Å². The van der Waals surface area contributed by atoms with E-state index in [9.17, 15) is 27.7 Å². The van der Waals surface area contributed by atoms with Gasteiger partial charge in [-0.05, 0) is 22.6 Å². The number of nitrogens with one attached hydrogen (secondary N) is 1. The Hall–Kier alpha value is -1.17. The molecule has 0 aliphatic heterocycles. The van der Waals surface area contributed by atoms with Crippen LogP contribution in [0.25, 0.3) is 0 Å². The van der Waals surface area contributed by atoms with Crippen LogP contribution in [0.15, 0.2) is 12.1 Å². The molecule has 0 fully saturated rings. The van der Waals surface area contributed by atoms with E-state index in [-0.39, 0.29) is 3.57 Å². The van der Waals surface area contributed by atoms with E-state index in [1.807, 2.05) is 5.32 Å². The van der Waals surface area contributed by atoms with E-state index in [1.165, 1.54) is 22.6 Å². The van der Waals surface area contributed by atoms with Crippen LogP contribution in [0.4, 0.5) is 28.9 Å². The molecular weight excluding hydrogens is 387 g/mol.